The molecule has 120 valence electrons. The molecule has 3 aromatic rings. The van der Waals surface area contributed by atoms with Gasteiger partial charge < -0.3 is 9.80 Å². The molecule has 0 atom stereocenters. The molecule has 0 spiro atoms. The molecule has 0 radical (unpaired) electrons. The minimum atomic E-state index is 0.490. The molecule has 3 heteroatoms. The van der Waals surface area contributed by atoms with Crippen LogP contribution < -0.4 is 9.80 Å². The summed E-state index contributed by atoms with van der Waals surface area (Å²) in [6, 6.07) is 30.2. The molecule has 1 N–H and O–H groups in total. The first-order valence-corrected chi connectivity index (χ1v) is 7.98. The number of nitrogens with zero attached hydrogens (tertiary/aromatic N) is 2. The highest BCUT2D eigenvalue weighted by Gasteiger charge is 2.16. The second-order valence-electron chi connectivity index (χ2n) is 5.65. The predicted molar refractivity (Wildman–Crippen MR) is 102 cm³/mol. The number of anilines is 2. The highest BCUT2D eigenvalue weighted by molar-refractivity contribution is 6.08. The SMILES string of the molecule is CN(CN(C(=N)c1ccccc1)c1ccccc1)c1ccccc1. The van der Waals surface area contributed by atoms with Gasteiger partial charge in [0, 0.05) is 24.0 Å². The molecule has 0 saturated carbocycles. The van der Waals surface area contributed by atoms with Gasteiger partial charge in [0.05, 0.1) is 6.67 Å². The number of amidine groups is 1. The molecule has 0 heterocycles. The highest BCUT2D eigenvalue weighted by Crippen LogP contribution is 2.19. The smallest absolute Gasteiger partial charge is 0.134 e. The van der Waals surface area contributed by atoms with E-state index in [0.29, 0.717) is 12.5 Å². The lowest BCUT2D eigenvalue weighted by Gasteiger charge is -2.31. The van der Waals surface area contributed by atoms with Crippen LogP contribution in [-0.2, 0) is 0 Å². The summed E-state index contributed by atoms with van der Waals surface area (Å²) in [5, 5.41) is 8.68. The van der Waals surface area contributed by atoms with E-state index < -0.39 is 0 Å². The van der Waals surface area contributed by atoms with E-state index in [2.05, 4.69) is 17.0 Å². The zero-order chi connectivity index (χ0) is 16.8. The maximum absolute atomic E-state index is 8.68. The minimum Gasteiger partial charge on any atom is -0.357 e. The Labute approximate surface area is 143 Å². The van der Waals surface area contributed by atoms with E-state index in [0.717, 1.165) is 16.9 Å². The Morgan fingerprint density at radius 2 is 1.17 bits per heavy atom. The van der Waals surface area contributed by atoms with E-state index in [1.165, 1.54) is 0 Å². The van der Waals surface area contributed by atoms with Crippen LogP contribution in [0.5, 0.6) is 0 Å². The third kappa shape index (κ3) is 3.63. The van der Waals surface area contributed by atoms with Crippen molar-refractivity contribution in [2.24, 2.45) is 0 Å². The van der Waals surface area contributed by atoms with Crippen molar-refractivity contribution in [1.29, 1.82) is 5.41 Å². The van der Waals surface area contributed by atoms with Crippen LogP contribution >= 0.6 is 0 Å². The van der Waals surface area contributed by atoms with Gasteiger partial charge >= 0.3 is 0 Å². The summed E-state index contributed by atoms with van der Waals surface area (Å²) in [6.45, 7) is 0.599. The second kappa shape index (κ2) is 7.47. The van der Waals surface area contributed by atoms with Crippen molar-refractivity contribution >= 4 is 17.2 Å². The van der Waals surface area contributed by atoms with Crippen molar-refractivity contribution in [2.75, 3.05) is 23.5 Å². The summed E-state index contributed by atoms with van der Waals surface area (Å²) in [5.74, 6) is 0.490. The van der Waals surface area contributed by atoms with E-state index in [4.69, 9.17) is 5.41 Å². The number of benzene rings is 3. The molecule has 24 heavy (non-hydrogen) atoms. The maximum Gasteiger partial charge on any atom is 0.134 e. The molecule has 3 aromatic carbocycles. The van der Waals surface area contributed by atoms with E-state index >= 15 is 0 Å². The third-order valence-electron chi connectivity index (χ3n) is 3.94. The molecule has 0 aliphatic heterocycles. The lowest BCUT2D eigenvalue weighted by atomic mass is 10.1. The lowest BCUT2D eigenvalue weighted by Crippen LogP contribution is -2.40. The molecule has 0 unspecified atom stereocenters. The van der Waals surface area contributed by atoms with E-state index in [1.54, 1.807) is 0 Å². The van der Waals surface area contributed by atoms with Crippen LogP contribution in [0.25, 0.3) is 0 Å². The topological polar surface area (TPSA) is 30.3 Å². The van der Waals surface area contributed by atoms with Gasteiger partial charge in [-0.25, -0.2) is 0 Å². The Balaban J connectivity index is 1.90. The van der Waals surface area contributed by atoms with Crippen LogP contribution in [0.3, 0.4) is 0 Å². The molecule has 0 fully saturated rings. The van der Waals surface area contributed by atoms with Gasteiger partial charge in [-0.1, -0.05) is 66.7 Å². The van der Waals surface area contributed by atoms with Crippen LogP contribution in [0.4, 0.5) is 11.4 Å². The molecule has 0 saturated heterocycles. The van der Waals surface area contributed by atoms with Crippen molar-refractivity contribution < 1.29 is 0 Å². The van der Waals surface area contributed by atoms with Crippen LogP contribution in [0, 0.1) is 5.41 Å². The van der Waals surface area contributed by atoms with Gasteiger partial charge in [0.15, 0.2) is 0 Å². The van der Waals surface area contributed by atoms with Crippen molar-refractivity contribution in [3.05, 3.63) is 96.6 Å². The third-order valence-corrected chi connectivity index (χ3v) is 3.94. The minimum absolute atomic E-state index is 0.490. The van der Waals surface area contributed by atoms with Gasteiger partial charge in [-0.2, -0.15) is 0 Å². The van der Waals surface area contributed by atoms with Crippen LogP contribution in [0.2, 0.25) is 0 Å². The van der Waals surface area contributed by atoms with E-state index in [1.807, 2.05) is 90.8 Å². The summed E-state index contributed by atoms with van der Waals surface area (Å²) >= 11 is 0. The normalized spacial score (nSPS) is 10.2. The standard InChI is InChI=1S/C21H21N3/c1-23(19-13-7-3-8-14-19)17-24(20-15-9-4-10-16-20)21(22)18-11-5-2-6-12-18/h2-16,22H,17H2,1H3. The highest BCUT2D eigenvalue weighted by atomic mass is 15.3. The number of hydrogen-bond donors (Lipinski definition) is 1. The Morgan fingerprint density at radius 1 is 0.708 bits per heavy atom. The summed E-state index contributed by atoms with van der Waals surface area (Å²) < 4.78 is 0. The number of nitrogens with one attached hydrogen (secondary N) is 1. The van der Waals surface area contributed by atoms with Crippen LogP contribution in [0.15, 0.2) is 91.0 Å². The van der Waals surface area contributed by atoms with Gasteiger partial charge in [-0.05, 0) is 24.3 Å². The fourth-order valence-electron chi connectivity index (χ4n) is 2.62. The molecule has 0 aliphatic carbocycles. The van der Waals surface area contributed by atoms with Gasteiger partial charge in [-0.3, -0.25) is 5.41 Å². The summed E-state index contributed by atoms with van der Waals surface area (Å²) in [7, 11) is 2.05. The Kier molecular flexibility index (Phi) is 4.92. The number of para-hydroxylation sites is 2. The summed E-state index contributed by atoms with van der Waals surface area (Å²) in [5.41, 5.74) is 3.04. The van der Waals surface area contributed by atoms with Gasteiger partial charge in [0.2, 0.25) is 0 Å². The first kappa shape index (κ1) is 15.8. The first-order valence-electron chi connectivity index (χ1n) is 7.98. The van der Waals surface area contributed by atoms with Gasteiger partial charge in [0.25, 0.3) is 0 Å². The first-order chi connectivity index (χ1) is 11.8. The molecular weight excluding hydrogens is 294 g/mol. The Hall–Kier alpha value is -3.07. The fraction of sp³-hybridized carbons (Fsp3) is 0.0952. The maximum atomic E-state index is 8.68. The second-order valence-corrected chi connectivity index (χ2v) is 5.65. The summed E-state index contributed by atoms with van der Waals surface area (Å²) in [4.78, 5) is 4.16. The zero-order valence-electron chi connectivity index (χ0n) is 13.8. The average Bonchev–Trinajstić information content (AvgIpc) is 2.67. The molecular formula is C21H21N3. The Morgan fingerprint density at radius 3 is 1.71 bits per heavy atom. The molecule has 0 amide bonds. The average molecular weight is 315 g/mol. The molecule has 0 aliphatic rings. The predicted octanol–water partition coefficient (Wildman–Crippen LogP) is 4.61. The van der Waals surface area contributed by atoms with Gasteiger partial charge in [0.1, 0.15) is 5.84 Å². The van der Waals surface area contributed by atoms with Crippen molar-refractivity contribution in [2.45, 2.75) is 0 Å². The van der Waals surface area contributed by atoms with E-state index in [9.17, 15) is 0 Å². The quantitative estimate of drug-likeness (QED) is 0.423. The van der Waals surface area contributed by atoms with Gasteiger partial charge in [-0.15, -0.1) is 0 Å². The largest absolute Gasteiger partial charge is 0.357 e. The molecule has 0 aromatic heterocycles. The monoisotopic (exact) mass is 315 g/mol. The zero-order valence-corrected chi connectivity index (χ0v) is 13.8. The lowest BCUT2D eigenvalue weighted by molar-refractivity contribution is 0.901. The van der Waals surface area contributed by atoms with Crippen LogP contribution in [-0.4, -0.2) is 19.6 Å². The number of rotatable bonds is 5. The summed E-state index contributed by atoms with van der Waals surface area (Å²) in [6.07, 6.45) is 0. The Bertz CT molecular complexity index is 770. The molecule has 3 rings (SSSR count). The molecule has 3 nitrogen and oxygen atoms in total. The van der Waals surface area contributed by atoms with Crippen molar-refractivity contribution in [3.63, 3.8) is 0 Å². The number of hydrogen-bond acceptors (Lipinski definition) is 2. The van der Waals surface area contributed by atoms with Crippen molar-refractivity contribution in [3.8, 4) is 0 Å². The van der Waals surface area contributed by atoms with Crippen molar-refractivity contribution in [1.82, 2.24) is 0 Å². The van der Waals surface area contributed by atoms with E-state index in [-0.39, 0.29) is 0 Å². The molecule has 0 bridgehead atoms. The fourth-order valence-corrected chi connectivity index (χ4v) is 2.62. The van der Waals surface area contributed by atoms with Crippen LogP contribution in [0.1, 0.15) is 5.56 Å².